The van der Waals surface area contributed by atoms with Crippen LogP contribution in [0, 0.1) is 11.6 Å². The lowest BCUT2D eigenvalue weighted by Gasteiger charge is -2.36. The van der Waals surface area contributed by atoms with Gasteiger partial charge in [0.15, 0.2) is 12.8 Å². The molecule has 2 aliphatic heterocycles. The highest BCUT2D eigenvalue weighted by Crippen LogP contribution is 2.29. The van der Waals surface area contributed by atoms with E-state index >= 15 is 0 Å². The highest BCUT2D eigenvalue weighted by molar-refractivity contribution is 14.0. The second-order valence-corrected chi connectivity index (χ2v) is 7.10. The molecule has 2 N–H and O–H groups in total. The summed E-state index contributed by atoms with van der Waals surface area (Å²) in [6, 6.07) is 9.44. The fourth-order valence-electron chi connectivity index (χ4n) is 3.68. The molecule has 1 fully saturated rings. The van der Waals surface area contributed by atoms with Gasteiger partial charge >= 0.3 is 0 Å². The third-order valence-electron chi connectivity index (χ3n) is 5.20. The number of halogens is 3. The summed E-state index contributed by atoms with van der Waals surface area (Å²) in [5.74, 6) is 0.639. The Hall–Kier alpha value is -2.14. The Bertz CT molecular complexity index is 887. The number of guanidine groups is 1. The molecule has 2 aliphatic rings. The minimum absolute atomic E-state index is 0. The van der Waals surface area contributed by atoms with E-state index in [-0.39, 0.29) is 42.4 Å². The standard InChI is InChI=1S/C21H24F2N4O2.HI/c22-17-1-3-19(4-2-17)26-7-9-27(10-8-26)21(24)25-6-5-15-11-18(23)12-16-13-28-14-29-20(15)16;/h1-4,11-12H,5-10,13-14H2,(H2,24,25);1H. The van der Waals surface area contributed by atoms with Gasteiger partial charge in [-0.2, -0.15) is 0 Å². The van der Waals surface area contributed by atoms with Gasteiger partial charge in [0.25, 0.3) is 0 Å². The van der Waals surface area contributed by atoms with Gasteiger partial charge in [0.1, 0.15) is 17.4 Å². The Kier molecular flexibility index (Phi) is 7.70. The number of aliphatic imine (C=N–C) groups is 1. The van der Waals surface area contributed by atoms with Crippen LogP contribution >= 0.6 is 24.0 Å². The molecule has 4 rings (SSSR count). The Balaban J connectivity index is 0.00000256. The topological polar surface area (TPSA) is 63.3 Å². The molecule has 0 atom stereocenters. The first-order valence-electron chi connectivity index (χ1n) is 9.67. The Morgan fingerprint density at radius 2 is 1.77 bits per heavy atom. The predicted molar refractivity (Wildman–Crippen MR) is 122 cm³/mol. The lowest BCUT2D eigenvalue weighted by Crippen LogP contribution is -2.51. The van der Waals surface area contributed by atoms with Crippen LogP contribution < -0.4 is 15.4 Å². The molecule has 0 bridgehead atoms. The van der Waals surface area contributed by atoms with Crippen LogP contribution in [0.1, 0.15) is 11.1 Å². The van der Waals surface area contributed by atoms with E-state index in [4.69, 9.17) is 15.2 Å². The van der Waals surface area contributed by atoms with E-state index in [2.05, 4.69) is 9.89 Å². The van der Waals surface area contributed by atoms with Gasteiger partial charge in [-0.25, -0.2) is 8.78 Å². The molecule has 9 heteroatoms. The van der Waals surface area contributed by atoms with E-state index in [0.29, 0.717) is 31.3 Å². The van der Waals surface area contributed by atoms with E-state index in [1.54, 1.807) is 12.1 Å². The number of ether oxygens (including phenoxy) is 2. The van der Waals surface area contributed by atoms with Gasteiger partial charge in [-0.3, -0.25) is 4.99 Å². The molecule has 0 aromatic heterocycles. The van der Waals surface area contributed by atoms with Crippen molar-refractivity contribution in [3.05, 3.63) is 59.2 Å². The smallest absolute Gasteiger partial charge is 0.191 e. The molecule has 0 spiro atoms. The van der Waals surface area contributed by atoms with Crippen molar-refractivity contribution in [2.75, 3.05) is 44.4 Å². The minimum atomic E-state index is -0.304. The van der Waals surface area contributed by atoms with Crippen molar-refractivity contribution >= 4 is 35.6 Å². The zero-order valence-electron chi connectivity index (χ0n) is 16.5. The third-order valence-corrected chi connectivity index (χ3v) is 5.20. The number of hydrogen-bond acceptors (Lipinski definition) is 4. The van der Waals surface area contributed by atoms with Crippen LogP contribution in [0.2, 0.25) is 0 Å². The van der Waals surface area contributed by atoms with Crippen molar-refractivity contribution < 1.29 is 18.3 Å². The molecule has 0 radical (unpaired) electrons. The first-order chi connectivity index (χ1) is 14.1. The fraction of sp³-hybridized carbons (Fsp3) is 0.381. The maximum atomic E-state index is 13.8. The quantitative estimate of drug-likeness (QED) is 0.374. The van der Waals surface area contributed by atoms with Gasteiger partial charge in [-0.05, 0) is 48.4 Å². The van der Waals surface area contributed by atoms with Gasteiger partial charge in [0.05, 0.1) is 6.61 Å². The van der Waals surface area contributed by atoms with Gasteiger partial charge < -0.3 is 25.0 Å². The predicted octanol–water partition coefficient (Wildman–Crippen LogP) is 3.13. The fourth-order valence-corrected chi connectivity index (χ4v) is 3.68. The molecule has 2 aromatic rings. The number of fused-ring (bicyclic) bond motifs is 1. The van der Waals surface area contributed by atoms with Crippen LogP contribution in [-0.2, 0) is 17.8 Å². The summed E-state index contributed by atoms with van der Waals surface area (Å²) in [4.78, 5) is 8.70. The molecular formula is C21H25F2IN4O2. The van der Waals surface area contributed by atoms with Crippen LogP contribution in [-0.4, -0.2) is 50.4 Å². The van der Waals surface area contributed by atoms with Crippen LogP contribution in [0.25, 0.3) is 0 Å². The molecule has 162 valence electrons. The summed E-state index contributed by atoms with van der Waals surface area (Å²) in [6.07, 6.45) is 0.538. The average molecular weight is 530 g/mol. The maximum absolute atomic E-state index is 13.8. The highest BCUT2D eigenvalue weighted by Gasteiger charge is 2.19. The van der Waals surface area contributed by atoms with E-state index in [1.165, 1.54) is 24.3 Å². The molecule has 0 unspecified atom stereocenters. The summed E-state index contributed by atoms with van der Waals surface area (Å²) >= 11 is 0. The zero-order valence-corrected chi connectivity index (χ0v) is 18.9. The van der Waals surface area contributed by atoms with Crippen LogP contribution in [0.4, 0.5) is 14.5 Å². The molecule has 0 aliphatic carbocycles. The van der Waals surface area contributed by atoms with E-state index in [0.717, 1.165) is 43.0 Å². The first-order valence-corrected chi connectivity index (χ1v) is 9.67. The van der Waals surface area contributed by atoms with Crippen molar-refractivity contribution in [3.8, 4) is 5.75 Å². The maximum Gasteiger partial charge on any atom is 0.191 e. The lowest BCUT2D eigenvalue weighted by atomic mass is 10.1. The highest BCUT2D eigenvalue weighted by atomic mass is 127. The molecule has 30 heavy (non-hydrogen) atoms. The summed E-state index contributed by atoms with van der Waals surface area (Å²) in [5, 5.41) is 0. The van der Waals surface area contributed by atoms with Crippen LogP contribution in [0.5, 0.6) is 5.75 Å². The number of nitrogens with two attached hydrogens (primary N) is 1. The van der Waals surface area contributed by atoms with Crippen molar-refractivity contribution in [1.82, 2.24) is 4.90 Å². The van der Waals surface area contributed by atoms with Crippen LogP contribution in [0.15, 0.2) is 41.4 Å². The Morgan fingerprint density at radius 1 is 1.03 bits per heavy atom. The molecule has 2 heterocycles. The number of hydrogen-bond donors (Lipinski definition) is 1. The van der Waals surface area contributed by atoms with Crippen LogP contribution in [0.3, 0.4) is 0 Å². The van der Waals surface area contributed by atoms with Crippen molar-refractivity contribution in [3.63, 3.8) is 0 Å². The molecule has 0 amide bonds. The van der Waals surface area contributed by atoms with E-state index in [9.17, 15) is 8.78 Å². The lowest BCUT2D eigenvalue weighted by molar-refractivity contribution is -0.0172. The SMILES string of the molecule is I.NC(=NCCc1cc(F)cc2c1OCOC2)N1CCN(c2ccc(F)cc2)CC1. The number of anilines is 1. The zero-order chi connectivity index (χ0) is 20.2. The number of benzene rings is 2. The van der Waals surface area contributed by atoms with Crippen molar-refractivity contribution in [2.45, 2.75) is 13.0 Å². The average Bonchev–Trinajstić information content (AvgIpc) is 2.74. The monoisotopic (exact) mass is 530 g/mol. The van der Waals surface area contributed by atoms with Gasteiger partial charge in [0, 0.05) is 44.0 Å². The van der Waals surface area contributed by atoms with Crippen molar-refractivity contribution in [1.29, 1.82) is 0 Å². The summed E-state index contributed by atoms with van der Waals surface area (Å²) in [5.41, 5.74) is 8.67. The summed E-state index contributed by atoms with van der Waals surface area (Å²) in [7, 11) is 0. The van der Waals surface area contributed by atoms with Gasteiger partial charge in [-0.15, -0.1) is 24.0 Å². The molecular weight excluding hydrogens is 505 g/mol. The van der Waals surface area contributed by atoms with Crippen molar-refractivity contribution in [2.24, 2.45) is 10.7 Å². The minimum Gasteiger partial charge on any atom is -0.467 e. The number of rotatable bonds is 4. The van der Waals surface area contributed by atoms with Gasteiger partial charge in [-0.1, -0.05) is 0 Å². The largest absolute Gasteiger partial charge is 0.467 e. The molecule has 0 saturated carbocycles. The third kappa shape index (κ3) is 5.31. The molecule has 2 aromatic carbocycles. The van der Waals surface area contributed by atoms with E-state index in [1.807, 2.05) is 4.90 Å². The summed E-state index contributed by atoms with van der Waals surface area (Å²) < 4.78 is 37.7. The normalized spacial score (nSPS) is 16.5. The molecule has 1 saturated heterocycles. The first kappa shape index (κ1) is 22.5. The van der Waals surface area contributed by atoms with Gasteiger partial charge in [0.2, 0.25) is 0 Å². The van der Waals surface area contributed by atoms with E-state index < -0.39 is 0 Å². The molecule has 6 nitrogen and oxygen atoms in total. The number of piperazine rings is 1. The second-order valence-electron chi connectivity index (χ2n) is 7.10. The summed E-state index contributed by atoms with van der Waals surface area (Å²) in [6.45, 7) is 4.02. The second kappa shape index (κ2) is 10.3. The number of nitrogens with zero attached hydrogens (tertiary/aromatic N) is 3. The Labute approximate surface area is 191 Å². The Morgan fingerprint density at radius 3 is 2.50 bits per heavy atom.